The summed E-state index contributed by atoms with van der Waals surface area (Å²) in [5.74, 6) is 7.74. The van der Waals surface area contributed by atoms with E-state index < -0.39 is 0 Å². The summed E-state index contributed by atoms with van der Waals surface area (Å²) >= 11 is 1.59. The molecule has 0 aliphatic rings. The van der Waals surface area contributed by atoms with Gasteiger partial charge in [0.05, 0.1) is 19.3 Å². The number of thiazole rings is 1. The second kappa shape index (κ2) is 9.33. The maximum atomic E-state index is 5.19. The molecule has 0 saturated heterocycles. The molecule has 4 aromatic rings. The van der Waals surface area contributed by atoms with Crippen molar-refractivity contribution in [2.24, 2.45) is 0 Å². The molecule has 0 radical (unpaired) electrons. The van der Waals surface area contributed by atoms with Crippen molar-refractivity contribution in [3.8, 4) is 29.0 Å². The van der Waals surface area contributed by atoms with E-state index in [0.717, 1.165) is 46.0 Å². The molecule has 6 nitrogen and oxygen atoms in total. The van der Waals surface area contributed by atoms with Crippen molar-refractivity contribution in [3.05, 3.63) is 75.7 Å². The van der Waals surface area contributed by atoms with Crippen LogP contribution < -0.4 is 4.74 Å². The van der Waals surface area contributed by atoms with Crippen molar-refractivity contribution in [1.29, 1.82) is 0 Å². The van der Waals surface area contributed by atoms with Crippen LogP contribution in [0.5, 0.6) is 5.75 Å². The summed E-state index contributed by atoms with van der Waals surface area (Å²) in [7, 11) is 1.65. The first-order chi connectivity index (χ1) is 14.7. The third-order valence-electron chi connectivity index (χ3n) is 4.43. The van der Waals surface area contributed by atoms with Gasteiger partial charge in [0, 0.05) is 16.5 Å². The molecule has 2 aromatic carbocycles. The van der Waals surface area contributed by atoms with Crippen LogP contribution in [0, 0.1) is 11.8 Å². The number of nitrogens with zero attached hydrogens (tertiary/aromatic N) is 5. The molecule has 0 saturated carbocycles. The molecule has 0 unspecified atom stereocenters. The predicted molar refractivity (Wildman–Crippen MR) is 117 cm³/mol. The van der Waals surface area contributed by atoms with Gasteiger partial charge in [-0.15, -0.1) is 21.5 Å². The van der Waals surface area contributed by atoms with Crippen LogP contribution in [0.25, 0.3) is 11.4 Å². The number of hydrogen-bond donors (Lipinski definition) is 0. The molecule has 4 rings (SSSR count). The SMILES string of the molecule is CCCc1csc(C#Cc2cccc(-c3nnn(Cc4ccc(OC)cc4)n3)c2)n1. The van der Waals surface area contributed by atoms with E-state index in [-0.39, 0.29) is 0 Å². The van der Waals surface area contributed by atoms with Crippen molar-refractivity contribution < 1.29 is 4.74 Å². The minimum Gasteiger partial charge on any atom is -0.497 e. The number of methoxy groups -OCH3 is 1. The van der Waals surface area contributed by atoms with E-state index in [1.807, 2.05) is 48.5 Å². The third-order valence-corrected chi connectivity index (χ3v) is 5.23. The number of rotatable bonds is 6. The summed E-state index contributed by atoms with van der Waals surface area (Å²) in [5, 5.41) is 15.8. The minimum atomic E-state index is 0.542. The highest BCUT2D eigenvalue weighted by Gasteiger charge is 2.07. The average Bonchev–Trinajstić information content (AvgIpc) is 3.43. The Morgan fingerprint density at radius 3 is 2.77 bits per heavy atom. The number of aryl methyl sites for hydroxylation is 1. The van der Waals surface area contributed by atoms with E-state index >= 15 is 0 Å². The molecule has 150 valence electrons. The Bertz CT molecular complexity index is 1180. The van der Waals surface area contributed by atoms with Gasteiger partial charge in [-0.2, -0.15) is 4.80 Å². The number of hydrogen-bond acceptors (Lipinski definition) is 6. The van der Waals surface area contributed by atoms with Crippen LogP contribution in [0.4, 0.5) is 0 Å². The van der Waals surface area contributed by atoms with Crippen LogP contribution in [0.1, 0.15) is 35.2 Å². The summed E-state index contributed by atoms with van der Waals surface area (Å²) in [6.07, 6.45) is 2.08. The zero-order valence-corrected chi connectivity index (χ0v) is 17.7. The lowest BCUT2D eigenvalue weighted by molar-refractivity contribution is 0.414. The maximum Gasteiger partial charge on any atom is 0.204 e. The molecule has 0 N–H and O–H groups in total. The molecule has 0 spiro atoms. The fraction of sp³-hybridized carbons (Fsp3) is 0.217. The van der Waals surface area contributed by atoms with Crippen LogP contribution in [0.15, 0.2) is 53.9 Å². The Kier molecular flexibility index (Phi) is 6.16. The molecule has 0 amide bonds. The molecule has 0 atom stereocenters. The van der Waals surface area contributed by atoms with Gasteiger partial charge >= 0.3 is 0 Å². The topological polar surface area (TPSA) is 65.7 Å². The largest absolute Gasteiger partial charge is 0.497 e. The highest BCUT2D eigenvalue weighted by molar-refractivity contribution is 7.10. The quantitative estimate of drug-likeness (QED) is 0.442. The van der Waals surface area contributed by atoms with Gasteiger partial charge in [-0.05, 0) is 47.4 Å². The first-order valence-electron chi connectivity index (χ1n) is 9.71. The minimum absolute atomic E-state index is 0.542. The third kappa shape index (κ3) is 4.91. The van der Waals surface area contributed by atoms with Crippen molar-refractivity contribution >= 4 is 11.3 Å². The summed E-state index contributed by atoms with van der Waals surface area (Å²) in [5.41, 5.74) is 3.96. The zero-order valence-electron chi connectivity index (χ0n) is 16.9. The zero-order chi connectivity index (χ0) is 20.8. The van der Waals surface area contributed by atoms with E-state index in [1.54, 1.807) is 23.2 Å². The molecular weight excluding hydrogens is 394 g/mol. The standard InChI is InChI=1S/C23H21N5OS/c1-3-5-20-16-30-22(24-20)13-10-17-6-4-7-19(14-17)23-25-27-28(26-23)15-18-8-11-21(29-2)12-9-18/h4,6-9,11-12,14,16H,3,5,15H2,1-2H3. The van der Waals surface area contributed by atoms with Gasteiger partial charge in [0.15, 0.2) is 5.01 Å². The fourth-order valence-electron chi connectivity index (χ4n) is 2.92. The van der Waals surface area contributed by atoms with E-state index in [9.17, 15) is 0 Å². The Hall–Kier alpha value is -3.50. The van der Waals surface area contributed by atoms with E-state index in [4.69, 9.17) is 4.74 Å². The number of ether oxygens (including phenoxy) is 1. The Balaban J connectivity index is 1.48. The second-order valence-corrected chi connectivity index (χ2v) is 7.57. The van der Waals surface area contributed by atoms with Gasteiger partial charge in [0.25, 0.3) is 0 Å². The van der Waals surface area contributed by atoms with Gasteiger partial charge in [0.1, 0.15) is 5.75 Å². The van der Waals surface area contributed by atoms with Crippen LogP contribution in [0.2, 0.25) is 0 Å². The first-order valence-corrected chi connectivity index (χ1v) is 10.6. The Morgan fingerprint density at radius 1 is 1.10 bits per heavy atom. The van der Waals surface area contributed by atoms with Crippen LogP contribution in [-0.2, 0) is 13.0 Å². The van der Waals surface area contributed by atoms with Crippen LogP contribution in [-0.4, -0.2) is 32.3 Å². The molecule has 2 heterocycles. The van der Waals surface area contributed by atoms with Gasteiger partial charge in [0.2, 0.25) is 5.82 Å². The van der Waals surface area contributed by atoms with Crippen molar-refractivity contribution in [2.45, 2.75) is 26.3 Å². The molecule has 2 aromatic heterocycles. The van der Waals surface area contributed by atoms with E-state index in [2.05, 4.69) is 44.5 Å². The van der Waals surface area contributed by atoms with Gasteiger partial charge in [-0.3, -0.25) is 0 Å². The van der Waals surface area contributed by atoms with Crippen molar-refractivity contribution in [2.75, 3.05) is 7.11 Å². The maximum absolute atomic E-state index is 5.19. The lowest BCUT2D eigenvalue weighted by Crippen LogP contribution is -2.04. The highest BCUT2D eigenvalue weighted by atomic mass is 32.1. The summed E-state index contributed by atoms with van der Waals surface area (Å²) in [4.78, 5) is 6.13. The number of benzene rings is 2. The lowest BCUT2D eigenvalue weighted by atomic mass is 10.1. The summed E-state index contributed by atoms with van der Waals surface area (Å²) in [6.45, 7) is 2.69. The van der Waals surface area contributed by atoms with Crippen LogP contribution >= 0.6 is 11.3 Å². The first kappa shape index (κ1) is 19.8. The summed E-state index contributed by atoms with van der Waals surface area (Å²) < 4.78 is 5.19. The van der Waals surface area contributed by atoms with E-state index in [1.165, 1.54) is 0 Å². The smallest absolute Gasteiger partial charge is 0.204 e. The summed E-state index contributed by atoms with van der Waals surface area (Å²) in [6, 6.07) is 15.7. The molecule has 0 aliphatic heterocycles. The van der Waals surface area contributed by atoms with E-state index in [0.29, 0.717) is 12.4 Å². The van der Waals surface area contributed by atoms with Gasteiger partial charge < -0.3 is 4.74 Å². The molecule has 0 fully saturated rings. The monoisotopic (exact) mass is 415 g/mol. The average molecular weight is 416 g/mol. The van der Waals surface area contributed by atoms with Crippen molar-refractivity contribution in [1.82, 2.24) is 25.2 Å². The van der Waals surface area contributed by atoms with Crippen LogP contribution in [0.3, 0.4) is 0 Å². The second-order valence-electron chi connectivity index (χ2n) is 6.72. The predicted octanol–water partition coefficient (Wildman–Crippen LogP) is 4.21. The molecular formula is C23H21N5OS. The molecule has 0 aliphatic carbocycles. The van der Waals surface area contributed by atoms with Gasteiger partial charge in [-0.1, -0.05) is 43.5 Å². The van der Waals surface area contributed by atoms with Crippen molar-refractivity contribution in [3.63, 3.8) is 0 Å². The highest BCUT2D eigenvalue weighted by Crippen LogP contribution is 2.17. The number of tetrazole rings is 1. The molecule has 0 bridgehead atoms. The Labute approximate surface area is 179 Å². The molecule has 7 heteroatoms. The van der Waals surface area contributed by atoms with Gasteiger partial charge in [-0.25, -0.2) is 4.98 Å². The Morgan fingerprint density at radius 2 is 1.97 bits per heavy atom. The molecule has 30 heavy (non-hydrogen) atoms. The normalized spacial score (nSPS) is 10.5. The lowest BCUT2D eigenvalue weighted by Gasteiger charge is -2.02. The fourth-order valence-corrected chi connectivity index (χ4v) is 3.62. The number of aromatic nitrogens is 5.